The molecule has 3 aromatic rings. The zero-order valence-electron chi connectivity index (χ0n) is 11.7. The van der Waals surface area contributed by atoms with Crippen molar-refractivity contribution in [3.63, 3.8) is 0 Å². The molecule has 0 unspecified atom stereocenters. The van der Waals surface area contributed by atoms with E-state index in [1.54, 1.807) is 0 Å². The van der Waals surface area contributed by atoms with E-state index in [4.69, 9.17) is 4.98 Å². The molecule has 4 heterocycles. The Balaban J connectivity index is 0.00000125. The molecular formula is C16H13ClN2S3. The van der Waals surface area contributed by atoms with Crippen molar-refractivity contribution >= 4 is 44.9 Å². The predicted octanol–water partition coefficient (Wildman–Crippen LogP) is 1.01. The number of aryl methyl sites for hydroxylation is 1. The third kappa shape index (κ3) is 2.10. The van der Waals surface area contributed by atoms with Crippen LogP contribution in [0.5, 0.6) is 0 Å². The van der Waals surface area contributed by atoms with Crippen LogP contribution < -0.4 is 17.0 Å². The van der Waals surface area contributed by atoms with Gasteiger partial charge in [0.05, 0.1) is 10.4 Å². The molecule has 0 radical (unpaired) electrons. The Labute approximate surface area is 147 Å². The van der Waals surface area contributed by atoms with Gasteiger partial charge in [-0.1, -0.05) is 30.0 Å². The standard InChI is InChI=1S/C16H13N2S3.ClH/c1-2-4-12-10(3-1)14-15(21-12)13-11(5-7-19-14)16-18(9-17-13)6-8-20-16;/h1-4,9H,5-8H2;1H/q+1;/p-1. The predicted molar refractivity (Wildman–Crippen MR) is 90.4 cm³/mol. The third-order valence-corrected chi connectivity index (χ3v) is 7.63. The molecule has 2 nitrogen and oxygen atoms in total. The summed E-state index contributed by atoms with van der Waals surface area (Å²) in [5.41, 5.74) is 2.70. The quantitative estimate of drug-likeness (QED) is 0.437. The molecule has 0 atom stereocenters. The number of fused-ring (bicyclic) bond motifs is 7. The summed E-state index contributed by atoms with van der Waals surface area (Å²) >= 11 is 5.89. The minimum atomic E-state index is 0. The number of nitrogens with zero attached hydrogens (tertiary/aromatic N) is 2. The van der Waals surface area contributed by atoms with Crippen molar-refractivity contribution in [3.8, 4) is 10.6 Å². The molecule has 0 N–H and O–H groups in total. The number of hydrogen-bond donors (Lipinski definition) is 0. The fraction of sp³-hybridized carbons (Fsp3) is 0.250. The van der Waals surface area contributed by atoms with Crippen LogP contribution in [-0.2, 0) is 13.0 Å². The van der Waals surface area contributed by atoms with Gasteiger partial charge >= 0.3 is 0 Å². The highest BCUT2D eigenvalue weighted by Gasteiger charge is 2.31. The Morgan fingerprint density at radius 3 is 2.95 bits per heavy atom. The van der Waals surface area contributed by atoms with Crippen molar-refractivity contribution in [1.29, 1.82) is 0 Å². The van der Waals surface area contributed by atoms with Gasteiger partial charge in [-0.15, -0.1) is 23.1 Å². The summed E-state index contributed by atoms with van der Waals surface area (Å²) < 4.78 is 3.71. The lowest BCUT2D eigenvalue weighted by atomic mass is 10.1. The van der Waals surface area contributed by atoms with Crippen LogP contribution >= 0.6 is 34.9 Å². The number of halogens is 1. The van der Waals surface area contributed by atoms with Crippen molar-refractivity contribution in [1.82, 2.24) is 4.98 Å². The van der Waals surface area contributed by atoms with E-state index in [0.717, 1.165) is 18.7 Å². The molecule has 22 heavy (non-hydrogen) atoms. The average molecular weight is 365 g/mol. The maximum atomic E-state index is 4.83. The number of aromatic nitrogens is 2. The van der Waals surface area contributed by atoms with E-state index < -0.39 is 0 Å². The van der Waals surface area contributed by atoms with Gasteiger partial charge in [-0.3, -0.25) is 0 Å². The topological polar surface area (TPSA) is 16.8 Å². The van der Waals surface area contributed by atoms with Gasteiger partial charge in [0.2, 0.25) is 5.69 Å². The van der Waals surface area contributed by atoms with Gasteiger partial charge in [-0.05, 0) is 17.5 Å². The molecule has 0 fully saturated rings. The molecule has 0 aliphatic carbocycles. The minimum Gasteiger partial charge on any atom is -1.00 e. The lowest BCUT2D eigenvalue weighted by Gasteiger charge is -2.03. The molecule has 0 saturated heterocycles. The van der Waals surface area contributed by atoms with Crippen molar-refractivity contribution in [2.75, 3.05) is 11.5 Å². The highest BCUT2D eigenvalue weighted by molar-refractivity contribution is 8.00. The minimum absolute atomic E-state index is 0. The zero-order valence-corrected chi connectivity index (χ0v) is 14.9. The Morgan fingerprint density at radius 2 is 2.00 bits per heavy atom. The van der Waals surface area contributed by atoms with Crippen molar-refractivity contribution in [2.45, 2.75) is 22.9 Å². The summed E-state index contributed by atoms with van der Waals surface area (Å²) in [4.78, 5) is 7.65. The Bertz CT molecular complexity index is 875. The van der Waals surface area contributed by atoms with Crippen molar-refractivity contribution in [2.24, 2.45) is 0 Å². The molecule has 0 bridgehead atoms. The van der Waals surface area contributed by atoms with Crippen LogP contribution in [0.3, 0.4) is 0 Å². The normalized spacial score (nSPS) is 15.6. The van der Waals surface area contributed by atoms with Crippen molar-refractivity contribution in [3.05, 3.63) is 36.2 Å². The zero-order chi connectivity index (χ0) is 13.8. The van der Waals surface area contributed by atoms with Gasteiger partial charge < -0.3 is 12.4 Å². The summed E-state index contributed by atoms with van der Waals surface area (Å²) in [6.07, 6.45) is 3.17. The van der Waals surface area contributed by atoms with E-state index in [9.17, 15) is 0 Å². The lowest BCUT2D eigenvalue weighted by Crippen LogP contribution is -3.00. The van der Waals surface area contributed by atoms with Crippen LogP contribution in [0.2, 0.25) is 0 Å². The maximum absolute atomic E-state index is 4.83. The Morgan fingerprint density at radius 1 is 1.09 bits per heavy atom. The van der Waals surface area contributed by atoms with E-state index in [1.165, 1.54) is 41.9 Å². The average Bonchev–Trinajstić information content (AvgIpc) is 3.08. The molecule has 2 aliphatic rings. The Kier molecular flexibility index (Phi) is 3.85. The van der Waals surface area contributed by atoms with E-state index in [-0.39, 0.29) is 12.4 Å². The van der Waals surface area contributed by atoms with Crippen LogP contribution in [0, 0.1) is 0 Å². The summed E-state index contributed by atoms with van der Waals surface area (Å²) in [7, 11) is 0. The highest BCUT2D eigenvalue weighted by Crippen LogP contribution is 2.47. The van der Waals surface area contributed by atoms with Crippen LogP contribution in [0.25, 0.3) is 20.7 Å². The second-order valence-corrected chi connectivity index (χ2v) is 8.51. The van der Waals surface area contributed by atoms with Gasteiger partial charge in [-0.2, -0.15) is 0 Å². The largest absolute Gasteiger partial charge is 1.00 e. The van der Waals surface area contributed by atoms with Gasteiger partial charge in [-0.25, -0.2) is 4.57 Å². The van der Waals surface area contributed by atoms with Crippen LogP contribution in [0.15, 0.2) is 40.5 Å². The molecule has 0 spiro atoms. The fourth-order valence-corrected chi connectivity index (χ4v) is 6.82. The third-order valence-electron chi connectivity index (χ3n) is 4.07. The first-order chi connectivity index (χ1) is 10.4. The first-order valence-corrected chi connectivity index (χ1v) is 9.89. The number of benzene rings is 1. The highest BCUT2D eigenvalue weighted by atomic mass is 35.5. The van der Waals surface area contributed by atoms with E-state index in [2.05, 4.69) is 28.8 Å². The summed E-state index contributed by atoms with van der Waals surface area (Å²) in [5, 5.41) is 2.85. The molecular weight excluding hydrogens is 352 g/mol. The molecule has 0 amide bonds. The van der Waals surface area contributed by atoms with Crippen LogP contribution in [0.1, 0.15) is 5.56 Å². The second kappa shape index (κ2) is 5.71. The lowest BCUT2D eigenvalue weighted by molar-refractivity contribution is -0.726. The van der Waals surface area contributed by atoms with Crippen molar-refractivity contribution < 1.29 is 17.0 Å². The SMILES string of the molecule is [Cl-].c1ccc2c3c(sc2c1)-c1nc[n+]2c(c1CCS3)SCC2. The van der Waals surface area contributed by atoms with Crippen LogP contribution in [0.4, 0.5) is 0 Å². The monoisotopic (exact) mass is 364 g/mol. The number of hydrogen-bond acceptors (Lipinski definition) is 4. The van der Waals surface area contributed by atoms with Gasteiger partial charge in [0, 0.05) is 26.5 Å². The van der Waals surface area contributed by atoms with Crippen LogP contribution in [-0.4, -0.2) is 16.5 Å². The number of rotatable bonds is 0. The smallest absolute Gasteiger partial charge is 0.287 e. The molecule has 0 saturated carbocycles. The van der Waals surface area contributed by atoms with Gasteiger partial charge in [0.25, 0.3) is 6.33 Å². The molecule has 2 aromatic heterocycles. The van der Waals surface area contributed by atoms with E-state index >= 15 is 0 Å². The number of thioether (sulfide) groups is 2. The summed E-state index contributed by atoms with van der Waals surface area (Å²) in [6, 6.07) is 8.75. The molecule has 5 rings (SSSR count). The Hall–Kier alpha value is -0.750. The first kappa shape index (κ1) is 14.8. The van der Waals surface area contributed by atoms with E-state index in [1.807, 2.05) is 41.2 Å². The molecule has 6 heteroatoms. The summed E-state index contributed by atoms with van der Waals surface area (Å²) in [5.74, 6) is 2.34. The number of thiophene rings is 1. The fourth-order valence-electron chi connectivity index (χ4n) is 3.10. The molecule has 112 valence electrons. The molecule has 2 aliphatic heterocycles. The second-order valence-electron chi connectivity index (χ2n) is 5.27. The van der Waals surface area contributed by atoms with Gasteiger partial charge in [0.1, 0.15) is 6.54 Å². The van der Waals surface area contributed by atoms with Gasteiger partial charge in [0.15, 0.2) is 5.03 Å². The first-order valence-electron chi connectivity index (χ1n) is 7.10. The molecule has 1 aromatic carbocycles. The maximum Gasteiger partial charge on any atom is 0.287 e. The van der Waals surface area contributed by atoms with E-state index in [0.29, 0.717) is 0 Å². The summed E-state index contributed by atoms with van der Waals surface area (Å²) in [6.45, 7) is 1.10.